The van der Waals surface area contributed by atoms with Crippen LogP contribution in [0.2, 0.25) is 0 Å². The lowest BCUT2D eigenvalue weighted by atomic mass is 10.2. The van der Waals surface area contributed by atoms with E-state index in [1.165, 1.54) is 5.56 Å². The van der Waals surface area contributed by atoms with Crippen molar-refractivity contribution < 1.29 is 4.74 Å². The quantitative estimate of drug-likeness (QED) is 0.405. The van der Waals surface area contributed by atoms with E-state index in [0.717, 1.165) is 44.4 Å². The van der Waals surface area contributed by atoms with Gasteiger partial charge in [-0.3, -0.25) is 4.57 Å². The highest BCUT2D eigenvalue weighted by Gasteiger charge is 2.14. The van der Waals surface area contributed by atoms with E-state index in [1.807, 2.05) is 43.3 Å². The zero-order valence-corrected chi connectivity index (χ0v) is 17.5. The second-order valence-electron chi connectivity index (χ2n) is 6.31. The lowest BCUT2D eigenvalue weighted by Gasteiger charge is -2.10. The van der Waals surface area contributed by atoms with Crippen molar-refractivity contribution in [1.82, 2.24) is 19.7 Å². The number of hydrogen-bond donors (Lipinski definition) is 0. The van der Waals surface area contributed by atoms with Crippen molar-refractivity contribution in [3.8, 4) is 22.0 Å². The van der Waals surface area contributed by atoms with E-state index in [-0.39, 0.29) is 0 Å². The van der Waals surface area contributed by atoms with Gasteiger partial charge in [0.05, 0.1) is 18.5 Å². The van der Waals surface area contributed by atoms with Crippen molar-refractivity contribution in [2.75, 3.05) is 7.11 Å². The summed E-state index contributed by atoms with van der Waals surface area (Å²) in [6.45, 7) is 4.08. The molecule has 0 N–H and O–H groups in total. The second-order valence-corrected chi connectivity index (χ2v) is 8.11. The van der Waals surface area contributed by atoms with Crippen LogP contribution in [-0.2, 0) is 5.75 Å². The van der Waals surface area contributed by atoms with Gasteiger partial charge in [0.1, 0.15) is 16.6 Å². The Morgan fingerprint density at radius 2 is 1.82 bits per heavy atom. The smallest absolute Gasteiger partial charge is 0.196 e. The van der Waals surface area contributed by atoms with Gasteiger partial charge < -0.3 is 4.74 Å². The summed E-state index contributed by atoms with van der Waals surface area (Å²) in [5.41, 5.74) is 4.45. The van der Waals surface area contributed by atoms with Crippen LogP contribution in [0, 0.1) is 13.8 Å². The molecule has 0 amide bonds. The fourth-order valence-corrected chi connectivity index (χ4v) is 4.72. The molecule has 142 valence electrons. The fraction of sp³-hybridized carbons (Fsp3) is 0.190. The number of para-hydroxylation sites is 1. The van der Waals surface area contributed by atoms with Crippen molar-refractivity contribution in [2.24, 2.45) is 0 Å². The molecule has 2 aromatic heterocycles. The number of rotatable bonds is 6. The number of benzene rings is 2. The van der Waals surface area contributed by atoms with Gasteiger partial charge in [-0.15, -0.1) is 21.5 Å². The van der Waals surface area contributed by atoms with Crippen LogP contribution in [-0.4, -0.2) is 26.9 Å². The molecular formula is C21H20N4OS2. The summed E-state index contributed by atoms with van der Waals surface area (Å²) in [7, 11) is 1.67. The van der Waals surface area contributed by atoms with E-state index in [4.69, 9.17) is 9.72 Å². The third kappa shape index (κ3) is 3.81. The summed E-state index contributed by atoms with van der Waals surface area (Å²) < 4.78 is 7.33. The maximum atomic E-state index is 5.22. The van der Waals surface area contributed by atoms with Crippen LogP contribution in [0.15, 0.2) is 59.1 Å². The molecule has 0 bridgehead atoms. The first-order valence-corrected chi connectivity index (χ1v) is 10.7. The van der Waals surface area contributed by atoms with Gasteiger partial charge in [-0.1, -0.05) is 30.0 Å². The summed E-state index contributed by atoms with van der Waals surface area (Å²) in [5, 5.41) is 12.6. The highest BCUT2D eigenvalue weighted by molar-refractivity contribution is 7.98. The van der Waals surface area contributed by atoms with Gasteiger partial charge in [-0.25, -0.2) is 4.98 Å². The van der Waals surface area contributed by atoms with Gasteiger partial charge in [-0.2, -0.15) is 0 Å². The predicted molar refractivity (Wildman–Crippen MR) is 114 cm³/mol. The molecule has 0 unspecified atom stereocenters. The number of methoxy groups -OCH3 is 1. The van der Waals surface area contributed by atoms with Crippen LogP contribution in [0.5, 0.6) is 5.75 Å². The van der Waals surface area contributed by atoms with Crippen LogP contribution in [0.25, 0.3) is 16.3 Å². The molecule has 0 saturated carbocycles. The normalized spacial score (nSPS) is 11.0. The minimum Gasteiger partial charge on any atom is -0.497 e. The van der Waals surface area contributed by atoms with E-state index in [0.29, 0.717) is 0 Å². The molecule has 0 atom stereocenters. The topological polar surface area (TPSA) is 52.8 Å². The standard InChI is InChI=1S/C21H20N4OS2/c1-14-6-4-5-7-19(14)25-15(2)23-24-21(25)28-13-17-12-27-20(22-17)16-8-10-18(26-3)11-9-16/h4-12H,13H2,1-3H3. The summed E-state index contributed by atoms with van der Waals surface area (Å²) in [5.74, 6) is 2.48. The number of hydrogen-bond acceptors (Lipinski definition) is 6. The van der Waals surface area contributed by atoms with Gasteiger partial charge >= 0.3 is 0 Å². The molecule has 2 heterocycles. The SMILES string of the molecule is COc1ccc(-c2nc(CSc3nnc(C)n3-c3ccccc3C)cs2)cc1. The number of aryl methyl sites for hydroxylation is 2. The number of aromatic nitrogens is 4. The first-order valence-electron chi connectivity index (χ1n) is 8.85. The molecule has 2 aromatic carbocycles. The van der Waals surface area contributed by atoms with Crippen molar-refractivity contribution in [1.29, 1.82) is 0 Å². The van der Waals surface area contributed by atoms with Gasteiger partial charge in [-0.05, 0) is 49.7 Å². The van der Waals surface area contributed by atoms with E-state index >= 15 is 0 Å². The molecule has 0 aliphatic heterocycles. The van der Waals surface area contributed by atoms with Crippen molar-refractivity contribution in [3.05, 3.63) is 71.0 Å². The Morgan fingerprint density at radius 1 is 1.04 bits per heavy atom. The third-order valence-corrected chi connectivity index (χ3v) is 6.29. The molecule has 0 aliphatic carbocycles. The maximum absolute atomic E-state index is 5.22. The fourth-order valence-electron chi connectivity index (χ4n) is 2.91. The van der Waals surface area contributed by atoms with E-state index in [9.17, 15) is 0 Å². The molecule has 4 aromatic rings. The largest absolute Gasteiger partial charge is 0.497 e. The van der Waals surface area contributed by atoms with Crippen LogP contribution in [0.4, 0.5) is 0 Å². The summed E-state index contributed by atoms with van der Waals surface area (Å²) >= 11 is 3.30. The van der Waals surface area contributed by atoms with E-state index in [1.54, 1.807) is 30.2 Å². The molecule has 0 fully saturated rings. The lowest BCUT2D eigenvalue weighted by Crippen LogP contribution is -2.01. The van der Waals surface area contributed by atoms with Crippen molar-refractivity contribution >= 4 is 23.1 Å². The molecule has 0 spiro atoms. The molecule has 28 heavy (non-hydrogen) atoms. The third-order valence-electron chi connectivity index (χ3n) is 4.39. The number of thiazole rings is 1. The summed E-state index contributed by atoms with van der Waals surface area (Å²) in [4.78, 5) is 4.78. The van der Waals surface area contributed by atoms with Gasteiger partial charge in [0.25, 0.3) is 0 Å². The average Bonchev–Trinajstić information content (AvgIpc) is 3.34. The zero-order valence-electron chi connectivity index (χ0n) is 15.9. The highest BCUT2D eigenvalue weighted by Crippen LogP contribution is 2.30. The number of nitrogens with zero attached hydrogens (tertiary/aromatic N) is 4. The molecule has 0 aliphatic rings. The minimum absolute atomic E-state index is 0.747. The Bertz CT molecular complexity index is 1090. The monoisotopic (exact) mass is 408 g/mol. The van der Waals surface area contributed by atoms with Gasteiger partial charge in [0.15, 0.2) is 5.16 Å². The molecule has 0 radical (unpaired) electrons. The highest BCUT2D eigenvalue weighted by atomic mass is 32.2. The van der Waals surface area contributed by atoms with E-state index < -0.39 is 0 Å². The Balaban J connectivity index is 1.52. The second kappa shape index (κ2) is 8.16. The molecular weight excluding hydrogens is 388 g/mol. The van der Waals surface area contributed by atoms with Crippen LogP contribution in [0.3, 0.4) is 0 Å². The van der Waals surface area contributed by atoms with E-state index in [2.05, 4.69) is 39.2 Å². The Labute approximate surface area is 172 Å². The van der Waals surface area contributed by atoms with Gasteiger partial charge in [0, 0.05) is 16.7 Å². The van der Waals surface area contributed by atoms with Crippen LogP contribution in [0.1, 0.15) is 17.1 Å². The number of thioether (sulfide) groups is 1. The Morgan fingerprint density at radius 3 is 2.57 bits per heavy atom. The lowest BCUT2D eigenvalue weighted by molar-refractivity contribution is 0.415. The minimum atomic E-state index is 0.747. The van der Waals surface area contributed by atoms with Crippen LogP contribution >= 0.6 is 23.1 Å². The number of ether oxygens (including phenoxy) is 1. The first kappa shape index (κ1) is 18.7. The maximum Gasteiger partial charge on any atom is 0.196 e. The molecule has 7 heteroatoms. The van der Waals surface area contributed by atoms with Crippen LogP contribution < -0.4 is 4.74 Å². The average molecular weight is 409 g/mol. The first-order chi connectivity index (χ1) is 13.7. The summed E-state index contributed by atoms with van der Waals surface area (Å²) in [6.07, 6.45) is 0. The Kier molecular flexibility index (Phi) is 5.45. The summed E-state index contributed by atoms with van der Waals surface area (Å²) in [6, 6.07) is 16.3. The Hall–Kier alpha value is -2.64. The van der Waals surface area contributed by atoms with Crippen molar-refractivity contribution in [3.63, 3.8) is 0 Å². The van der Waals surface area contributed by atoms with Gasteiger partial charge in [0.2, 0.25) is 0 Å². The molecule has 5 nitrogen and oxygen atoms in total. The predicted octanol–water partition coefficient (Wildman–Crippen LogP) is 5.31. The molecule has 0 saturated heterocycles. The molecule has 4 rings (SSSR count). The zero-order chi connectivity index (χ0) is 19.5. The van der Waals surface area contributed by atoms with Crippen molar-refractivity contribution in [2.45, 2.75) is 24.8 Å².